The van der Waals surface area contributed by atoms with E-state index < -0.39 is 11.8 Å². The van der Waals surface area contributed by atoms with Gasteiger partial charge >= 0.3 is 6.03 Å². The molecule has 0 saturated heterocycles. The summed E-state index contributed by atoms with van der Waals surface area (Å²) in [5.41, 5.74) is -0.140. The minimum atomic E-state index is -0.544. The average molecular weight is 273 g/mol. The van der Waals surface area contributed by atoms with Crippen LogP contribution in [0.25, 0.3) is 0 Å². The minimum Gasteiger partial charge on any atom is -0.396 e. The summed E-state index contributed by atoms with van der Waals surface area (Å²) in [6.45, 7) is 0.441. The van der Waals surface area contributed by atoms with E-state index in [4.69, 9.17) is 16.7 Å². The predicted octanol–water partition coefficient (Wildman–Crippen LogP) is 2.37. The number of urea groups is 1. The molecule has 1 fully saturated rings. The molecule has 1 saturated carbocycles. The number of nitrogens with one attached hydrogen (secondary N) is 2. The van der Waals surface area contributed by atoms with Gasteiger partial charge in [-0.05, 0) is 31.0 Å². The number of aliphatic hydroxyl groups is 1. The summed E-state index contributed by atoms with van der Waals surface area (Å²) >= 11 is 5.71. The molecule has 0 aliphatic heterocycles. The van der Waals surface area contributed by atoms with Crippen molar-refractivity contribution in [2.75, 3.05) is 18.5 Å². The molecule has 0 unspecified atom stereocenters. The van der Waals surface area contributed by atoms with Gasteiger partial charge in [-0.25, -0.2) is 9.18 Å². The lowest BCUT2D eigenvalue weighted by molar-refractivity contribution is 0.206. The Morgan fingerprint density at radius 1 is 1.50 bits per heavy atom. The molecule has 0 bridgehead atoms. The molecule has 1 aliphatic carbocycles. The molecule has 18 heavy (non-hydrogen) atoms. The Hall–Kier alpha value is -1.33. The first kappa shape index (κ1) is 13.1. The minimum absolute atomic E-state index is 0.0360. The van der Waals surface area contributed by atoms with Crippen LogP contribution in [0.15, 0.2) is 18.2 Å². The van der Waals surface area contributed by atoms with Crippen molar-refractivity contribution in [3.63, 3.8) is 0 Å². The molecule has 4 nitrogen and oxygen atoms in total. The molecule has 2 rings (SSSR count). The fraction of sp³-hybridized carbons (Fsp3) is 0.417. The molecule has 1 aromatic rings. The number of anilines is 1. The van der Waals surface area contributed by atoms with Crippen LogP contribution in [0.3, 0.4) is 0 Å². The van der Waals surface area contributed by atoms with Crippen LogP contribution < -0.4 is 10.6 Å². The average Bonchev–Trinajstić information content (AvgIpc) is 3.12. The summed E-state index contributed by atoms with van der Waals surface area (Å²) in [4.78, 5) is 11.6. The van der Waals surface area contributed by atoms with Gasteiger partial charge in [0.1, 0.15) is 5.82 Å². The summed E-state index contributed by atoms with van der Waals surface area (Å²) in [7, 11) is 0. The third-order valence-electron chi connectivity index (χ3n) is 3.09. The number of hydrogen-bond donors (Lipinski definition) is 3. The van der Waals surface area contributed by atoms with Gasteiger partial charge in [-0.2, -0.15) is 0 Å². The maximum Gasteiger partial charge on any atom is 0.319 e. The van der Waals surface area contributed by atoms with E-state index >= 15 is 0 Å². The number of amides is 2. The Balaban J connectivity index is 1.89. The second-order valence-corrected chi connectivity index (χ2v) is 5.03. The van der Waals surface area contributed by atoms with Crippen LogP contribution >= 0.6 is 11.6 Å². The summed E-state index contributed by atoms with van der Waals surface area (Å²) in [5, 5.41) is 14.4. The number of carbonyl (C=O) groups is 1. The fourth-order valence-electron chi connectivity index (χ4n) is 1.60. The van der Waals surface area contributed by atoms with Gasteiger partial charge < -0.3 is 15.7 Å². The summed E-state index contributed by atoms with van der Waals surface area (Å²) in [6.07, 6.45) is 1.80. The van der Waals surface area contributed by atoms with Crippen molar-refractivity contribution < 1.29 is 14.3 Å². The zero-order valence-corrected chi connectivity index (χ0v) is 10.4. The maximum atomic E-state index is 13.3. The van der Waals surface area contributed by atoms with E-state index in [0.717, 1.165) is 12.8 Å². The Kier molecular flexibility index (Phi) is 3.73. The van der Waals surface area contributed by atoms with E-state index in [-0.39, 0.29) is 17.7 Å². The third kappa shape index (κ3) is 3.11. The van der Waals surface area contributed by atoms with E-state index in [2.05, 4.69) is 10.6 Å². The molecule has 0 atom stereocenters. The van der Waals surface area contributed by atoms with E-state index in [1.165, 1.54) is 18.2 Å². The smallest absolute Gasteiger partial charge is 0.319 e. The fourth-order valence-corrected chi connectivity index (χ4v) is 1.77. The molecule has 0 aromatic heterocycles. The number of halogens is 2. The highest BCUT2D eigenvalue weighted by molar-refractivity contribution is 6.30. The van der Waals surface area contributed by atoms with Crippen molar-refractivity contribution >= 4 is 23.3 Å². The van der Waals surface area contributed by atoms with Crippen LogP contribution in [0.5, 0.6) is 0 Å². The number of hydrogen-bond acceptors (Lipinski definition) is 2. The number of carbonyl (C=O) groups excluding carboxylic acids is 1. The SMILES string of the molecule is O=C(NCC1(CO)CC1)Nc1cc(Cl)ccc1F. The molecule has 3 N–H and O–H groups in total. The first-order valence-electron chi connectivity index (χ1n) is 5.65. The summed E-state index contributed by atoms with van der Waals surface area (Å²) < 4.78 is 13.3. The molecular weight excluding hydrogens is 259 g/mol. The Bertz CT molecular complexity index is 463. The molecular formula is C12H14ClFN2O2. The Morgan fingerprint density at radius 3 is 2.83 bits per heavy atom. The van der Waals surface area contributed by atoms with Crippen LogP contribution in [0.1, 0.15) is 12.8 Å². The zero-order valence-electron chi connectivity index (χ0n) is 9.67. The van der Waals surface area contributed by atoms with Crippen molar-refractivity contribution in [1.82, 2.24) is 5.32 Å². The second kappa shape index (κ2) is 5.12. The van der Waals surface area contributed by atoms with E-state index in [1.807, 2.05) is 0 Å². The molecule has 1 aliphatic rings. The first-order valence-corrected chi connectivity index (χ1v) is 6.03. The van der Waals surface area contributed by atoms with Gasteiger partial charge in [0.15, 0.2) is 0 Å². The highest BCUT2D eigenvalue weighted by Gasteiger charge is 2.42. The molecule has 98 valence electrons. The van der Waals surface area contributed by atoms with E-state index in [0.29, 0.717) is 11.6 Å². The van der Waals surface area contributed by atoms with Crippen molar-refractivity contribution in [3.05, 3.63) is 29.0 Å². The van der Waals surface area contributed by atoms with Crippen LogP contribution in [0.2, 0.25) is 5.02 Å². The standard InChI is InChI=1S/C12H14ClFN2O2/c13-8-1-2-9(14)10(5-8)16-11(18)15-6-12(7-17)3-4-12/h1-2,5,17H,3-4,6-7H2,(H2,15,16,18). The molecule has 0 heterocycles. The summed E-state index contributed by atoms with van der Waals surface area (Å²) in [6, 6.07) is 3.44. The lowest BCUT2D eigenvalue weighted by Gasteiger charge is -2.13. The van der Waals surface area contributed by atoms with Crippen molar-refractivity contribution in [1.29, 1.82) is 0 Å². The van der Waals surface area contributed by atoms with Crippen LogP contribution in [0, 0.1) is 11.2 Å². The van der Waals surface area contributed by atoms with Crippen LogP contribution in [-0.2, 0) is 0 Å². The summed E-state index contributed by atoms with van der Waals surface area (Å²) in [5.74, 6) is -0.544. The largest absolute Gasteiger partial charge is 0.396 e. The lowest BCUT2D eigenvalue weighted by Crippen LogP contribution is -2.35. The number of rotatable bonds is 4. The molecule has 6 heteroatoms. The van der Waals surface area contributed by atoms with Gasteiger partial charge in [0.2, 0.25) is 0 Å². The van der Waals surface area contributed by atoms with Gasteiger partial charge in [0.05, 0.1) is 12.3 Å². The lowest BCUT2D eigenvalue weighted by atomic mass is 10.1. The van der Waals surface area contributed by atoms with Crippen LogP contribution in [-0.4, -0.2) is 24.3 Å². The van der Waals surface area contributed by atoms with Crippen molar-refractivity contribution in [2.24, 2.45) is 5.41 Å². The number of aliphatic hydroxyl groups excluding tert-OH is 1. The van der Waals surface area contributed by atoms with Gasteiger partial charge in [-0.1, -0.05) is 11.6 Å². The van der Waals surface area contributed by atoms with Crippen LogP contribution in [0.4, 0.5) is 14.9 Å². The number of benzene rings is 1. The molecule has 1 aromatic carbocycles. The van der Waals surface area contributed by atoms with Crippen molar-refractivity contribution in [3.8, 4) is 0 Å². The molecule has 2 amide bonds. The molecule has 0 radical (unpaired) electrons. The van der Waals surface area contributed by atoms with Gasteiger partial charge in [-0.15, -0.1) is 0 Å². The van der Waals surface area contributed by atoms with Crippen molar-refractivity contribution in [2.45, 2.75) is 12.8 Å². The first-order chi connectivity index (χ1) is 8.54. The Labute approximate surface area is 109 Å². The molecule has 0 spiro atoms. The highest BCUT2D eigenvalue weighted by Crippen LogP contribution is 2.44. The topological polar surface area (TPSA) is 61.4 Å². The predicted molar refractivity (Wildman–Crippen MR) is 67.2 cm³/mol. The third-order valence-corrected chi connectivity index (χ3v) is 3.33. The second-order valence-electron chi connectivity index (χ2n) is 4.59. The Morgan fingerprint density at radius 2 is 2.22 bits per heavy atom. The normalized spacial score (nSPS) is 16.2. The van der Waals surface area contributed by atoms with E-state index in [9.17, 15) is 9.18 Å². The van der Waals surface area contributed by atoms with E-state index in [1.54, 1.807) is 0 Å². The zero-order chi connectivity index (χ0) is 13.2. The highest BCUT2D eigenvalue weighted by atomic mass is 35.5. The van der Waals surface area contributed by atoms with Gasteiger partial charge in [0, 0.05) is 17.0 Å². The van der Waals surface area contributed by atoms with Gasteiger partial charge in [0.25, 0.3) is 0 Å². The monoisotopic (exact) mass is 272 g/mol. The van der Waals surface area contributed by atoms with Gasteiger partial charge in [-0.3, -0.25) is 0 Å². The quantitative estimate of drug-likeness (QED) is 0.788. The maximum absolute atomic E-state index is 13.3.